The monoisotopic (exact) mass is 410 g/mol. The van der Waals surface area contributed by atoms with E-state index in [1.165, 1.54) is 0 Å². The van der Waals surface area contributed by atoms with Gasteiger partial charge in [-0.1, -0.05) is 0 Å². The molecule has 0 bridgehead atoms. The van der Waals surface area contributed by atoms with Gasteiger partial charge in [0.25, 0.3) is 0 Å². The van der Waals surface area contributed by atoms with Crippen LogP contribution in [0.3, 0.4) is 0 Å². The molecule has 2 aromatic heterocycles. The first-order valence-corrected chi connectivity index (χ1v) is 10.4. The summed E-state index contributed by atoms with van der Waals surface area (Å²) in [6, 6.07) is 2.24. The molecule has 0 spiro atoms. The van der Waals surface area contributed by atoms with Gasteiger partial charge in [-0.05, 0) is 63.6 Å². The minimum Gasteiger partial charge on any atom is -0.346 e. The Labute approximate surface area is 168 Å². The van der Waals surface area contributed by atoms with E-state index in [-0.39, 0.29) is 24.9 Å². The highest BCUT2D eigenvalue weighted by Crippen LogP contribution is 2.41. The van der Waals surface area contributed by atoms with E-state index in [4.69, 9.17) is 5.84 Å². The van der Waals surface area contributed by atoms with Crippen molar-refractivity contribution in [1.29, 1.82) is 0 Å². The minimum atomic E-state index is -4.04. The van der Waals surface area contributed by atoms with Crippen molar-refractivity contribution in [2.45, 2.75) is 56.8 Å². The number of nitrogens with one attached hydrogen (secondary N) is 1. The van der Waals surface area contributed by atoms with Crippen LogP contribution in [0.1, 0.15) is 50.3 Å². The van der Waals surface area contributed by atoms with Crippen molar-refractivity contribution in [1.82, 2.24) is 24.9 Å². The lowest BCUT2D eigenvalue weighted by Gasteiger charge is -2.43. The zero-order chi connectivity index (χ0) is 20.6. The smallest absolute Gasteiger partial charge is 0.346 e. The van der Waals surface area contributed by atoms with Crippen LogP contribution in [0.2, 0.25) is 0 Å². The van der Waals surface area contributed by atoms with Crippen molar-refractivity contribution in [3.63, 3.8) is 0 Å². The maximum atomic E-state index is 12.9. The Bertz CT molecular complexity index is 804. The summed E-state index contributed by atoms with van der Waals surface area (Å²) in [6.07, 6.45) is 3.11. The number of hydrazine groups is 1. The van der Waals surface area contributed by atoms with Crippen LogP contribution in [0.5, 0.6) is 0 Å². The molecular formula is C20H29F3N6. The van der Waals surface area contributed by atoms with Crippen molar-refractivity contribution in [3.05, 3.63) is 24.3 Å². The predicted molar refractivity (Wildman–Crippen MR) is 105 cm³/mol. The van der Waals surface area contributed by atoms with Gasteiger partial charge >= 0.3 is 6.18 Å². The molecule has 1 aliphatic heterocycles. The Morgan fingerprint density at radius 3 is 2.45 bits per heavy atom. The molecule has 3 heterocycles. The maximum Gasteiger partial charge on any atom is 0.391 e. The van der Waals surface area contributed by atoms with Crippen molar-refractivity contribution in [2.75, 3.05) is 20.1 Å². The van der Waals surface area contributed by atoms with Crippen LogP contribution in [0.15, 0.2) is 18.6 Å². The Balaban J connectivity index is 1.40. The minimum absolute atomic E-state index is 0.0144. The highest BCUT2D eigenvalue weighted by Gasteiger charge is 2.43. The van der Waals surface area contributed by atoms with Gasteiger partial charge in [-0.15, -0.1) is 0 Å². The zero-order valence-electron chi connectivity index (χ0n) is 16.7. The molecule has 1 saturated carbocycles. The largest absolute Gasteiger partial charge is 0.391 e. The van der Waals surface area contributed by atoms with Crippen LogP contribution in [-0.2, 0) is 0 Å². The summed E-state index contributed by atoms with van der Waals surface area (Å²) < 4.78 is 38.8. The topological polar surface area (TPSA) is 74.1 Å². The molecule has 1 saturated heterocycles. The molecule has 1 atom stereocenters. The molecule has 2 aromatic rings. The summed E-state index contributed by atoms with van der Waals surface area (Å²) in [4.78, 5) is 14.3. The second kappa shape index (κ2) is 8.20. The number of hydrogen-bond donors (Lipinski definition) is 2. The van der Waals surface area contributed by atoms with Crippen LogP contribution < -0.4 is 5.84 Å². The normalized spacial score (nSPS) is 26.3. The molecule has 29 heavy (non-hydrogen) atoms. The number of nitrogens with zero attached hydrogens (tertiary/aromatic N) is 4. The number of aromatic amines is 1. The molecule has 160 valence electrons. The lowest BCUT2D eigenvalue weighted by atomic mass is 9.82. The summed E-state index contributed by atoms with van der Waals surface area (Å²) in [5.74, 6) is 5.47. The van der Waals surface area contributed by atoms with Gasteiger partial charge in [0.2, 0.25) is 0 Å². The fourth-order valence-electron chi connectivity index (χ4n) is 5.25. The number of H-pyrrole nitrogens is 1. The summed E-state index contributed by atoms with van der Waals surface area (Å²) >= 11 is 0. The molecule has 9 heteroatoms. The van der Waals surface area contributed by atoms with Gasteiger partial charge in [0.15, 0.2) is 0 Å². The Morgan fingerprint density at radius 1 is 1.14 bits per heavy atom. The van der Waals surface area contributed by atoms with Crippen LogP contribution in [0, 0.1) is 11.8 Å². The molecule has 0 aromatic carbocycles. The van der Waals surface area contributed by atoms with Crippen LogP contribution in [0.25, 0.3) is 11.0 Å². The molecule has 1 aliphatic carbocycles. The van der Waals surface area contributed by atoms with Gasteiger partial charge in [-0.2, -0.15) is 13.2 Å². The van der Waals surface area contributed by atoms with Gasteiger partial charge < -0.3 is 9.88 Å². The fraction of sp³-hybridized carbons (Fsp3) is 0.700. The van der Waals surface area contributed by atoms with E-state index in [0.717, 1.165) is 42.7 Å². The highest BCUT2D eigenvalue weighted by molar-refractivity contribution is 5.78. The van der Waals surface area contributed by atoms with Crippen LogP contribution in [-0.4, -0.2) is 57.2 Å². The second-order valence-electron chi connectivity index (χ2n) is 8.53. The first-order valence-electron chi connectivity index (χ1n) is 10.4. The molecule has 2 fully saturated rings. The Hall–Kier alpha value is -1.71. The first-order chi connectivity index (χ1) is 13.8. The van der Waals surface area contributed by atoms with Crippen molar-refractivity contribution >= 4 is 11.0 Å². The molecule has 0 amide bonds. The summed E-state index contributed by atoms with van der Waals surface area (Å²) in [5, 5.41) is 2.73. The van der Waals surface area contributed by atoms with Crippen molar-refractivity contribution < 1.29 is 13.2 Å². The number of halogens is 3. The zero-order valence-corrected chi connectivity index (χ0v) is 16.7. The van der Waals surface area contributed by atoms with Gasteiger partial charge in [0.1, 0.15) is 12.0 Å². The Kier molecular flexibility index (Phi) is 5.81. The number of aromatic nitrogens is 3. The van der Waals surface area contributed by atoms with E-state index in [1.54, 1.807) is 11.3 Å². The number of hydrogen-bond acceptors (Lipinski definition) is 5. The van der Waals surface area contributed by atoms with E-state index in [2.05, 4.69) is 19.9 Å². The van der Waals surface area contributed by atoms with E-state index >= 15 is 0 Å². The van der Waals surface area contributed by atoms with Crippen LogP contribution >= 0.6 is 0 Å². The molecule has 2 aliphatic rings. The average Bonchev–Trinajstić information content (AvgIpc) is 3.18. The quantitative estimate of drug-likeness (QED) is 0.595. The number of piperidine rings is 1. The fourth-order valence-corrected chi connectivity index (χ4v) is 5.25. The number of fused-ring (bicyclic) bond motifs is 1. The van der Waals surface area contributed by atoms with Gasteiger partial charge in [-0.25, -0.2) is 15.0 Å². The third-order valence-corrected chi connectivity index (χ3v) is 6.80. The molecule has 0 radical (unpaired) electrons. The number of alkyl halides is 3. The molecule has 3 N–H and O–H groups in total. The maximum absolute atomic E-state index is 12.9. The number of likely N-dealkylation sites (tertiary alicyclic amines) is 1. The second-order valence-corrected chi connectivity index (χ2v) is 8.53. The third-order valence-electron chi connectivity index (χ3n) is 6.80. The molecule has 4 rings (SSSR count). The lowest BCUT2D eigenvalue weighted by molar-refractivity contribution is -0.184. The van der Waals surface area contributed by atoms with Crippen molar-refractivity contribution in [3.8, 4) is 0 Å². The molecule has 6 nitrogen and oxygen atoms in total. The average molecular weight is 410 g/mol. The standard InChI is InChI=1S/C20H29F3N6/c1-28(24)18(17-16-6-9-25-19(16)27-12-26-17)13-7-10-29(11-8-13)15-4-2-14(3-5-15)20(21,22)23/h6,9,12-15,18H,2-5,7-8,10-11,24H2,1H3,(H,25,26,27). The van der Waals surface area contributed by atoms with Gasteiger partial charge in [-0.3, -0.25) is 5.84 Å². The predicted octanol–water partition coefficient (Wildman–Crippen LogP) is 3.64. The number of rotatable bonds is 4. The molecule has 1 unspecified atom stereocenters. The van der Waals surface area contributed by atoms with E-state index in [0.29, 0.717) is 18.8 Å². The van der Waals surface area contributed by atoms with E-state index < -0.39 is 12.1 Å². The highest BCUT2D eigenvalue weighted by atomic mass is 19.4. The first kappa shape index (κ1) is 20.6. The number of nitrogens with two attached hydrogens (primary N) is 1. The SMILES string of the molecule is CN(N)C(c1ncnc2[nH]ccc12)C1CCN(C2CCC(C(F)(F)F)CC2)CC1. The van der Waals surface area contributed by atoms with Crippen molar-refractivity contribution in [2.24, 2.45) is 17.7 Å². The van der Waals surface area contributed by atoms with Crippen LogP contribution in [0.4, 0.5) is 13.2 Å². The Morgan fingerprint density at radius 2 is 1.83 bits per heavy atom. The molecular weight excluding hydrogens is 381 g/mol. The van der Waals surface area contributed by atoms with E-state index in [9.17, 15) is 13.2 Å². The summed E-state index contributed by atoms with van der Waals surface area (Å²) in [5.41, 5.74) is 1.74. The summed E-state index contributed by atoms with van der Waals surface area (Å²) in [6.45, 7) is 1.80. The van der Waals surface area contributed by atoms with Gasteiger partial charge in [0.05, 0.1) is 17.7 Å². The van der Waals surface area contributed by atoms with Gasteiger partial charge in [0, 0.05) is 24.7 Å². The third kappa shape index (κ3) is 4.27. The summed E-state index contributed by atoms with van der Waals surface area (Å²) in [7, 11) is 1.87. The lowest BCUT2D eigenvalue weighted by Crippen LogP contribution is -2.47. The van der Waals surface area contributed by atoms with E-state index in [1.807, 2.05) is 19.3 Å².